The molecule has 0 amide bonds. The van der Waals surface area contributed by atoms with Gasteiger partial charge in [0, 0.05) is 16.3 Å². The van der Waals surface area contributed by atoms with Crippen LogP contribution in [0, 0.1) is 12.8 Å². The predicted octanol–water partition coefficient (Wildman–Crippen LogP) is 2.48. The van der Waals surface area contributed by atoms with Crippen LogP contribution in [0.15, 0.2) is 23.1 Å². The first-order chi connectivity index (χ1) is 7.16. The van der Waals surface area contributed by atoms with Gasteiger partial charge >= 0.3 is 0 Å². The van der Waals surface area contributed by atoms with Gasteiger partial charge in [-0.3, -0.25) is 4.21 Å². The zero-order valence-electron chi connectivity index (χ0n) is 9.03. The molecule has 3 heteroatoms. The maximum absolute atomic E-state index is 12.1. The molecule has 0 aromatic heterocycles. The Morgan fingerprint density at radius 2 is 2.20 bits per heavy atom. The van der Waals surface area contributed by atoms with Crippen molar-refractivity contribution in [1.82, 2.24) is 0 Å². The van der Waals surface area contributed by atoms with E-state index in [0.717, 1.165) is 21.9 Å². The van der Waals surface area contributed by atoms with E-state index < -0.39 is 10.8 Å². The zero-order valence-corrected chi connectivity index (χ0v) is 9.85. The molecule has 1 aromatic rings. The van der Waals surface area contributed by atoms with Gasteiger partial charge in [0.1, 0.15) is 0 Å². The van der Waals surface area contributed by atoms with Crippen molar-refractivity contribution < 1.29 is 4.21 Å². The highest BCUT2D eigenvalue weighted by atomic mass is 32.2. The van der Waals surface area contributed by atoms with Crippen LogP contribution in [0.2, 0.25) is 0 Å². The number of aryl methyl sites for hydroxylation is 1. The summed E-state index contributed by atoms with van der Waals surface area (Å²) in [4.78, 5) is 0.955. The van der Waals surface area contributed by atoms with Crippen molar-refractivity contribution in [3.8, 4) is 0 Å². The summed E-state index contributed by atoms with van der Waals surface area (Å²) in [6, 6.07) is 5.63. The molecule has 0 heterocycles. The molecule has 0 spiro atoms. The summed E-state index contributed by atoms with van der Waals surface area (Å²) >= 11 is 0. The molecule has 82 valence electrons. The number of hydrogen-bond donors (Lipinski definition) is 1. The van der Waals surface area contributed by atoms with Crippen molar-refractivity contribution in [3.05, 3.63) is 23.8 Å². The topological polar surface area (TPSA) is 43.1 Å². The minimum Gasteiger partial charge on any atom is -0.399 e. The van der Waals surface area contributed by atoms with Gasteiger partial charge in [-0.25, -0.2) is 0 Å². The Kier molecular flexibility index (Phi) is 3.10. The molecule has 0 saturated heterocycles. The van der Waals surface area contributed by atoms with E-state index in [0.29, 0.717) is 5.92 Å². The smallest absolute Gasteiger partial charge is 0.0535 e. The molecule has 2 N–H and O–H groups in total. The third-order valence-electron chi connectivity index (χ3n) is 3.06. The van der Waals surface area contributed by atoms with Crippen LogP contribution < -0.4 is 5.73 Å². The Morgan fingerprint density at radius 1 is 1.47 bits per heavy atom. The van der Waals surface area contributed by atoms with E-state index in [-0.39, 0.29) is 0 Å². The number of benzene rings is 1. The highest BCUT2D eigenvalue weighted by molar-refractivity contribution is 7.85. The molecule has 1 fully saturated rings. The lowest BCUT2D eigenvalue weighted by molar-refractivity contribution is 0.350. The van der Waals surface area contributed by atoms with Crippen LogP contribution in [-0.4, -0.2) is 9.96 Å². The van der Waals surface area contributed by atoms with Crippen LogP contribution in [0.5, 0.6) is 0 Å². The molecule has 0 bridgehead atoms. The monoisotopic (exact) mass is 223 g/mol. The predicted molar refractivity (Wildman–Crippen MR) is 64.2 cm³/mol. The van der Waals surface area contributed by atoms with E-state index in [1.54, 1.807) is 0 Å². The fourth-order valence-corrected chi connectivity index (χ4v) is 3.47. The van der Waals surface area contributed by atoms with Gasteiger partial charge < -0.3 is 5.73 Å². The quantitative estimate of drug-likeness (QED) is 0.800. The maximum atomic E-state index is 12.1. The second kappa shape index (κ2) is 4.35. The molecule has 2 rings (SSSR count). The molecule has 1 saturated carbocycles. The first kappa shape index (κ1) is 10.7. The van der Waals surface area contributed by atoms with Crippen LogP contribution in [0.25, 0.3) is 0 Å². The average molecular weight is 223 g/mol. The second-order valence-electron chi connectivity index (χ2n) is 4.33. The fraction of sp³-hybridized carbons (Fsp3) is 0.500. The molecule has 1 atom stereocenters. The Labute approximate surface area is 93.3 Å². The minimum atomic E-state index is -0.838. The van der Waals surface area contributed by atoms with Gasteiger partial charge in [-0.15, -0.1) is 0 Å². The SMILES string of the molecule is Cc1cc(N)ccc1S(=O)CC1CCC1. The molecule has 0 aliphatic heterocycles. The van der Waals surface area contributed by atoms with Crippen molar-refractivity contribution >= 4 is 16.5 Å². The maximum Gasteiger partial charge on any atom is 0.0535 e. The molecule has 2 nitrogen and oxygen atoms in total. The summed E-state index contributed by atoms with van der Waals surface area (Å²) in [5.41, 5.74) is 7.46. The summed E-state index contributed by atoms with van der Waals surface area (Å²) in [5, 5.41) is 0. The lowest BCUT2D eigenvalue weighted by atomic mass is 9.87. The van der Waals surface area contributed by atoms with E-state index in [2.05, 4.69) is 0 Å². The van der Waals surface area contributed by atoms with Crippen LogP contribution in [0.3, 0.4) is 0 Å². The molecule has 15 heavy (non-hydrogen) atoms. The van der Waals surface area contributed by atoms with Crippen molar-refractivity contribution in [3.63, 3.8) is 0 Å². The number of rotatable bonds is 3. The Morgan fingerprint density at radius 3 is 2.73 bits per heavy atom. The Balaban J connectivity index is 2.10. The molecular weight excluding hydrogens is 206 g/mol. The fourth-order valence-electron chi connectivity index (χ4n) is 1.89. The molecule has 1 unspecified atom stereocenters. The molecular formula is C12H17NOS. The first-order valence-electron chi connectivity index (χ1n) is 5.41. The van der Waals surface area contributed by atoms with Gasteiger partial charge in [0.2, 0.25) is 0 Å². The highest BCUT2D eigenvalue weighted by Crippen LogP contribution is 2.29. The van der Waals surface area contributed by atoms with E-state index in [9.17, 15) is 4.21 Å². The van der Waals surface area contributed by atoms with Crippen LogP contribution in [-0.2, 0) is 10.8 Å². The number of anilines is 1. The Bertz CT molecular complexity index is 385. The molecule has 1 aromatic carbocycles. The third kappa shape index (κ3) is 2.40. The van der Waals surface area contributed by atoms with E-state index in [1.165, 1.54) is 19.3 Å². The number of hydrogen-bond acceptors (Lipinski definition) is 2. The summed E-state index contributed by atoms with van der Waals surface area (Å²) in [7, 11) is -0.838. The number of nitrogen functional groups attached to an aromatic ring is 1. The largest absolute Gasteiger partial charge is 0.399 e. The highest BCUT2D eigenvalue weighted by Gasteiger charge is 2.21. The third-order valence-corrected chi connectivity index (χ3v) is 4.78. The molecule has 1 aliphatic rings. The van der Waals surface area contributed by atoms with Gasteiger partial charge in [0.25, 0.3) is 0 Å². The average Bonchev–Trinajstić information content (AvgIpc) is 2.11. The van der Waals surface area contributed by atoms with E-state index in [4.69, 9.17) is 5.73 Å². The van der Waals surface area contributed by atoms with Crippen LogP contribution >= 0.6 is 0 Å². The first-order valence-corrected chi connectivity index (χ1v) is 6.73. The van der Waals surface area contributed by atoms with Gasteiger partial charge in [0.15, 0.2) is 0 Å². The van der Waals surface area contributed by atoms with Crippen molar-refractivity contribution in [2.24, 2.45) is 5.92 Å². The lowest BCUT2D eigenvalue weighted by Crippen LogP contribution is -2.19. The van der Waals surface area contributed by atoms with Gasteiger partial charge in [-0.05, 0) is 49.4 Å². The lowest BCUT2D eigenvalue weighted by Gasteiger charge is -2.24. The van der Waals surface area contributed by atoms with Gasteiger partial charge in [-0.2, -0.15) is 0 Å². The van der Waals surface area contributed by atoms with Gasteiger partial charge in [0.05, 0.1) is 10.8 Å². The molecule has 0 radical (unpaired) electrons. The van der Waals surface area contributed by atoms with Gasteiger partial charge in [-0.1, -0.05) is 6.42 Å². The summed E-state index contributed by atoms with van der Waals surface area (Å²) < 4.78 is 12.1. The zero-order chi connectivity index (χ0) is 10.8. The molecule has 1 aliphatic carbocycles. The van der Waals surface area contributed by atoms with Crippen molar-refractivity contribution in [2.45, 2.75) is 31.1 Å². The van der Waals surface area contributed by atoms with Crippen LogP contribution in [0.1, 0.15) is 24.8 Å². The van der Waals surface area contributed by atoms with E-state index in [1.807, 2.05) is 25.1 Å². The summed E-state index contributed by atoms with van der Waals surface area (Å²) in [6.45, 7) is 1.98. The van der Waals surface area contributed by atoms with Crippen LogP contribution in [0.4, 0.5) is 5.69 Å². The Hall–Kier alpha value is -0.830. The summed E-state index contributed by atoms with van der Waals surface area (Å²) in [6.07, 6.45) is 3.81. The van der Waals surface area contributed by atoms with E-state index >= 15 is 0 Å². The summed E-state index contributed by atoms with van der Waals surface area (Å²) in [5.74, 6) is 1.51. The number of nitrogens with two attached hydrogens (primary N) is 1. The second-order valence-corrected chi connectivity index (χ2v) is 5.80. The van der Waals surface area contributed by atoms with Crippen molar-refractivity contribution in [2.75, 3.05) is 11.5 Å². The normalized spacial score (nSPS) is 18.5. The minimum absolute atomic E-state index is 0.683. The standard InChI is InChI=1S/C12H17NOS/c1-9-7-11(13)5-6-12(9)15(14)8-10-3-2-4-10/h5-7,10H,2-4,8,13H2,1H3. The van der Waals surface area contributed by atoms with Crippen molar-refractivity contribution in [1.29, 1.82) is 0 Å².